The summed E-state index contributed by atoms with van der Waals surface area (Å²) in [5, 5.41) is 3.53. The Kier molecular flexibility index (Phi) is 3.13. The van der Waals surface area contributed by atoms with Crippen LogP contribution in [0.1, 0.15) is 18.9 Å². The number of nitrogens with zero attached hydrogens (tertiary/aromatic N) is 1. The van der Waals surface area contributed by atoms with E-state index in [-0.39, 0.29) is 27.7 Å². The molecule has 0 unspecified atom stereocenters. The molecule has 21 heavy (non-hydrogen) atoms. The molecule has 2 aromatic heterocycles. The zero-order chi connectivity index (χ0) is 15.0. The van der Waals surface area contributed by atoms with Gasteiger partial charge >= 0.3 is 5.63 Å². The Morgan fingerprint density at radius 1 is 1.19 bits per heavy atom. The van der Waals surface area contributed by atoms with Crippen molar-refractivity contribution in [3.63, 3.8) is 0 Å². The predicted octanol–water partition coefficient (Wildman–Crippen LogP) is 3.25. The average Bonchev–Trinajstić information content (AvgIpc) is 2.46. The monoisotopic (exact) mass is 285 g/mol. The summed E-state index contributed by atoms with van der Waals surface area (Å²) in [6.07, 6.45) is 2.58. The minimum atomic E-state index is -0.571. The van der Waals surface area contributed by atoms with Crippen LogP contribution in [0.25, 0.3) is 21.9 Å². The zero-order valence-electron chi connectivity index (χ0n) is 11.2. The van der Waals surface area contributed by atoms with Gasteiger partial charge in [0.25, 0.3) is 0 Å². The van der Waals surface area contributed by atoms with E-state index in [0.29, 0.717) is 17.4 Å². The van der Waals surface area contributed by atoms with Gasteiger partial charge in [0.05, 0.1) is 11.6 Å². The van der Waals surface area contributed by atoms with Gasteiger partial charge in [-0.3, -0.25) is 4.79 Å². The summed E-state index contributed by atoms with van der Waals surface area (Å²) < 4.78 is 10.4. The molecule has 0 amide bonds. The third-order valence-electron chi connectivity index (χ3n) is 3.32. The molecule has 0 saturated carbocycles. The Bertz CT molecular complexity index is 967. The predicted molar refractivity (Wildman–Crippen MR) is 78.0 cm³/mol. The highest BCUT2D eigenvalue weighted by Crippen LogP contribution is 2.34. The van der Waals surface area contributed by atoms with Crippen molar-refractivity contribution in [3.05, 3.63) is 55.6 Å². The number of benzene rings is 1. The zero-order valence-corrected chi connectivity index (χ0v) is 11.2. The highest BCUT2D eigenvalue weighted by atomic mass is 16.4. The molecule has 2 heterocycles. The van der Waals surface area contributed by atoms with E-state index in [1.165, 1.54) is 24.5 Å². The number of hydrogen-bond acceptors (Lipinski definition) is 6. The lowest BCUT2D eigenvalue weighted by Crippen LogP contribution is -2.05. The number of fused-ring (bicyclic) bond motifs is 3. The largest absolute Gasteiger partial charge is 0.464 e. The first-order chi connectivity index (χ1) is 10.2. The molecule has 0 N–H and O–H groups in total. The molecule has 0 radical (unpaired) electrons. The van der Waals surface area contributed by atoms with Crippen molar-refractivity contribution in [1.29, 1.82) is 0 Å². The van der Waals surface area contributed by atoms with Crippen molar-refractivity contribution >= 4 is 27.6 Å². The summed E-state index contributed by atoms with van der Waals surface area (Å²) in [6, 6.07) is 3.96. The van der Waals surface area contributed by atoms with Crippen LogP contribution in [0.15, 0.2) is 48.1 Å². The van der Waals surface area contributed by atoms with E-state index < -0.39 is 5.63 Å². The molecule has 0 aliphatic carbocycles. The molecule has 1 aromatic carbocycles. The van der Waals surface area contributed by atoms with E-state index in [4.69, 9.17) is 8.83 Å². The molecule has 3 rings (SSSR count). The molecule has 0 spiro atoms. The van der Waals surface area contributed by atoms with Gasteiger partial charge in [-0.2, -0.15) is 0 Å². The van der Waals surface area contributed by atoms with Crippen LogP contribution in [0, 0.1) is 4.91 Å². The maximum Gasteiger partial charge on any atom is 0.336 e. The number of nitroso groups, excluding NO2 is 1. The van der Waals surface area contributed by atoms with Gasteiger partial charge in [0.1, 0.15) is 16.7 Å². The lowest BCUT2D eigenvalue weighted by Gasteiger charge is -2.07. The normalized spacial score (nSPS) is 11.1. The topological polar surface area (TPSA) is 89.8 Å². The van der Waals surface area contributed by atoms with Gasteiger partial charge in [-0.25, -0.2) is 4.79 Å². The Labute approximate surface area is 118 Å². The molecule has 0 atom stereocenters. The first-order valence-corrected chi connectivity index (χ1v) is 6.50. The fourth-order valence-electron chi connectivity index (χ4n) is 2.50. The molecule has 6 nitrogen and oxygen atoms in total. The van der Waals surface area contributed by atoms with Gasteiger partial charge in [0.15, 0.2) is 11.0 Å². The Balaban J connectivity index is 2.65. The second-order valence-electron chi connectivity index (χ2n) is 4.69. The van der Waals surface area contributed by atoms with E-state index in [2.05, 4.69) is 5.18 Å². The number of rotatable bonds is 3. The van der Waals surface area contributed by atoms with E-state index in [1.807, 2.05) is 6.92 Å². The Hall–Kier alpha value is -2.76. The van der Waals surface area contributed by atoms with Crippen molar-refractivity contribution in [3.8, 4) is 0 Å². The van der Waals surface area contributed by atoms with Gasteiger partial charge < -0.3 is 8.83 Å². The average molecular weight is 285 g/mol. The smallest absolute Gasteiger partial charge is 0.336 e. The Morgan fingerprint density at radius 2 is 2.00 bits per heavy atom. The highest BCUT2D eigenvalue weighted by molar-refractivity contribution is 6.08. The molecule has 106 valence electrons. The first-order valence-electron chi connectivity index (χ1n) is 6.50. The van der Waals surface area contributed by atoms with Crippen molar-refractivity contribution in [2.45, 2.75) is 19.8 Å². The second-order valence-corrected chi connectivity index (χ2v) is 4.69. The van der Waals surface area contributed by atoms with Crippen molar-refractivity contribution in [2.75, 3.05) is 0 Å². The highest BCUT2D eigenvalue weighted by Gasteiger charge is 2.17. The number of aryl methyl sites for hydroxylation is 1. The molecule has 0 aliphatic rings. The second kappa shape index (κ2) is 4.97. The summed E-state index contributed by atoms with van der Waals surface area (Å²) in [5.41, 5.74) is 0.0606. The van der Waals surface area contributed by atoms with Crippen LogP contribution in [0.3, 0.4) is 0 Å². The molecule has 3 aromatic rings. The summed E-state index contributed by atoms with van der Waals surface area (Å²) in [7, 11) is 0. The van der Waals surface area contributed by atoms with Gasteiger partial charge in [-0.1, -0.05) is 13.3 Å². The van der Waals surface area contributed by atoms with Crippen LogP contribution in [-0.2, 0) is 6.42 Å². The summed E-state index contributed by atoms with van der Waals surface area (Å²) in [6.45, 7) is 1.95. The van der Waals surface area contributed by atoms with E-state index in [9.17, 15) is 14.5 Å². The van der Waals surface area contributed by atoms with E-state index in [0.717, 1.165) is 6.42 Å². The maximum absolute atomic E-state index is 12.0. The van der Waals surface area contributed by atoms with Crippen molar-refractivity contribution in [2.24, 2.45) is 5.18 Å². The van der Waals surface area contributed by atoms with Gasteiger partial charge in [0, 0.05) is 18.2 Å². The van der Waals surface area contributed by atoms with Gasteiger partial charge in [-0.05, 0) is 17.2 Å². The van der Waals surface area contributed by atoms with Gasteiger partial charge in [0.2, 0.25) is 0 Å². The van der Waals surface area contributed by atoms with Crippen LogP contribution in [0.4, 0.5) is 5.69 Å². The quantitative estimate of drug-likeness (QED) is 0.418. The molecular weight excluding hydrogens is 274 g/mol. The van der Waals surface area contributed by atoms with Gasteiger partial charge in [-0.15, -0.1) is 4.91 Å². The lowest BCUT2D eigenvalue weighted by atomic mass is 10.0. The van der Waals surface area contributed by atoms with E-state index >= 15 is 0 Å². The third-order valence-corrected chi connectivity index (χ3v) is 3.32. The summed E-state index contributed by atoms with van der Waals surface area (Å²) in [4.78, 5) is 34.9. The maximum atomic E-state index is 12.0. The third kappa shape index (κ3) is 2.05. The lowest BCUT2D eigenvalue weighted by molar-refractivity contribution is 0.558. The standard InChI is InChI=1S/C15H11NO5/c1-2-3-8-6-12(18)21-15-13(8)9(16-19)7-11-14(15)10(17)4-5-20-11/h4-7H,2-3H2,1H3. The summed E-state index contributed by atoms with van der Waals surface area (Å²) >= 11 is 0. The molecule has 0 aliphatic heterocycles. The Morgan fingerprint density at radius 3 is 2.71 bits per heavy atom. The minimum absolute atomic E-state index is 0.0624. The molecule has 0 fully saturated rings. The van der Waals surface area contributed by atoms with Crippen LogP contribution >= 0.6 is 0 Å². The number of hydrogen-bond donors (Lipinski definition) is 0. The van der Waals surface area contributed by atoms with Crippen molar-refractivity contribution in [1.82, 2.24) is 0 Å². The minimum Gasteiger partial charge on any atom is -0.464 e. The SMILES string of the molecule is CCCc1cc(=O)oc2c1c(N=O)cc1occc(=O)c12. The first kappa shape index (κ1) is 13.2. The van der Waals surface area contributed by atoms with Crippen LogP contribution in [-0.4, -0.2) is 0 Å². The molecule has 6 heteroatoms. The molecular formula is C15H11NO5. The van der Waals surface area contributed by atoms with Crippen LogP contribution in [0.2, 0.25) is 0 Å². The molecule has 0 saturated heterocycles. The van der Waals surface area contributed by atoms with E-state index in [1.54, 1.807) is 0 Å². The fraction of sp³-hybridized carbons (Fsp3) is 0.200. The molecule has 0 bridgehead atoms. The van der Waals surface area contributed by atoms with Crippen molar-refractivity contribution < 1.29 is 8.83 Å². The van der Waals surface area contributed by atoms with Crippen LogP contribution < -0.4 is 11.1 Å². The van der Waals surface area contributed by atoms with Crippen LogP contribution in [0.5, 0.6) is 0 Å². The summed E-state index contributed by atoms with van der Waals surface area (Å²) in [5.74, 6) is 0. The fourth-order valence-corrected chi connectivity index (χ4v) is 2.50.